The van der Waals surface area contributed by atoms with E-state index in [2.05, 4.69) is 71.1 Å². The zero-order valence-corrected chi connectivity index (χ0v) is 26.0. The third-order valence-electron chi connectivity index (χ3n) is 12.5. The van der Waals surface area contributed by atoms with Crippen LogP contribution in [0.25, 0.3) is 0 Å². The minimum atomic E-state index is -1.04. The Morgan fingerprint density at radius 3 is 2.16 bits per heavy atom. The highest BCUT2D eigenvalue weighted by Gasteiger charge is 2.75. The first-order valence-corrected chi connectivity index (χ1v) is 15.7. The predicted octanol–water partition coefficient (Wildman–Crippen LogP) is 6.80. The lowest BCUT2D eigenvalue weighted by Gasteiger charge is -2.66. The quantitative estimate of drug-likeness (QED) is 0.183. The summed E-state index contributed by atoms with van der Waals surface area (Å²) in [6.07, 6.45) is 9.31. The zero-order chi connectivity index (χ0) is 26.9. The molecule has 5 fully saturated rings. The molecule has 2 heterocycles. The Hall–Kier alpha value is -0.470. The van der Waals surface area contributed by atoms with Crippen LogP contribution in [0, 0.1) is 39.4 Å². The Morgan fingerprint density at radius 2 is 1.51 bits per heavy atom. The van der Waals surface area contributed by atoms with E-state index in [9.17, 15) is 9.59 Å². The molecule has 2 saturated heterocycles. The third-order valence-corrected chi connectivity index (χ3v) is 14.1. The first kappa shape index (κ1) is 26.7. The van der Waals surface area contributed by atoms with Gasteiger partial charge in [0.05, 0.1) is 22.1 Å². The van der Waals surface area contributed by atoms with Crippen molar-refractivity contribution in [1.82, 2.24) is 0 Å². The second kappa shape index (κ2) is 7.84. The lowest BCUT2D eigenvalue weighted by Crippen LogP contribution is -2.68. The number of carbonyl (C=O) groups excluding carboxylic acids is 2. The first-order chi connectivity index (χ1) is 17.1. The Kier molecular flexibility index (Phi) is 5.66. The van der Waals surface area contributed by atoms with Crippen LogP contribution in [0.4, 0.5) is 0 Å². The first-order valence-electron chi connectivity index (χ1n) is 14.6. The van der Waals surface area contributed by atoms with Crippen LogP contribution >= 0.6 is 22.6 Å². The Bertz CT molecular complexity index is 1070. The van der Waals surface area contributed by atoms with E-state index in [-0.39, 0.29) is 43.3 Å². The van der Waals surface area contributed by atoms with Crippen LogP contribution in [0.3, 0.4) is 0 Å². The van der Waals surface area contributed by atoms with Gasteiger partial charge >= 0.3 is 5.97 Å². The van der Waals surface area contributed by atoms with E-state index in [0.717, 1.165) is 51.4 Å². The molecule has 37 heavy (non-hydrogen) atoms. The summed E-state index contributed by atoms with van der Waals surface area (Å²) < 4.78 is 18.9. The summed E-state index contributed by atoms with van der Waals surface area (Å²) in [4.78, 5) is 28.1. The summed E-state index contributed by atoms with van der Waals surface area (Å²) in [5, 5.41) is 0. The standard InChI is InChI=1S/C31H45IO5/c1-8-19-26(4)10-9-20-27(5,13-14-30(29(20,7)32)35-15-16-36-30)21(26)17-23(33)31(19)22-18-25(2,3)11-12-28(22,6)24(34)37-31/h17,19-20,22H,8-16,18H2,1-7H3. The fourth-order valence-electron chi connectivity index (χ4n) is 10.5. The number of hydrogen-bond acceptors (Lipinski definition) is 5. The average Bonchev–Trinajstić information content (AvgIpc) is 3.38. The number of ketones is 1. The van der Waals surface area contributed by atoms with Crippen LogP contribution in [-0.4, -0.2) is 39.8 Å². The highest BCUT2D eigenvalue weighted by atomic mass is 127. The molecule has 0 aromatic heterocycles. The van der Waals surface area contributed by atoms with Crippen molar-refractivity contribution >= 4 is 34.3 Å². The van der Waals surface area contributed by atoms with E-state index in [1.165, 1.54) is 5.57 Å². The Morgan fingerprint density at radius 1 is 0.865 bits per heavy atom. The fraction of sp³-hybridized carbons (Fsp3) is 0.871. The van der Waals surface area contributed by atoms with Gasteiger partial charge < -0.3 is 14.2 Å². The summed E-state index contributed by atoms with van der Waals surface area (Å²) >= 11 is 2.61. The van der Waals surface area contributed by atoms with Gasteiger partial charge in [0.25, 0.3) is 0 Å². The van der Waals surface area contributed by atoms with Crippen LogP contribution in [0.2, 0.25) is 0 Å². The molecule has 0 radical (unpaired) electrons. The number of alkyl halides is 1. The Balaban J connectivity index is 1.48. The predicted molar refractivity (Wildman–Crippen MR) is 150 cm³/mol. The van der Waals surface area contributed by atoms with Gasteiger partial charge in [-0.05, 0) is 87.0 Å². The van der Waals surface area contributed by atoms with Gasteiger partial charge in [-0.3, -0.25) is 9.59 Å². The summed E-state index contributed by atoms with van der Waals surface area (Å²) in [5.41, 5.74) is -0.520. The molecule has 2 aliphatic heterocycles. The van der Waals surface area contributed by atoms with Crippen molar-refractivity contribution in [3.05, 3.63) is 11.6 Å². The SMILES string of the molecule is CCC1C2(C)CCC3C(C)(CCC4(OCCO4)C3(C)I)C2=CC(=O)C12OC(=O)C1(C)CCC(C)(C)CC12. The van der Waals surface area contributed by atoms with Gasteiger partial charge in [0.15, 0.2) is 17.2 Å². The lowest BCUT2D eigenvalue weighted by molar-refractivity contribution is -0.227. The molecular weight excluding hydrogens is 579 g/mol. The highest BCUT2D eigenvalue weighted by Crippen LogP contribution is 2.73. The van der Waals surface area contributed by atoms with Crippen molar-refractivity contribution < 1.29 is 23.8 Å². The number of allylic oxidation sites excluding steroid dienone is 1. The summed E-state index contributed by atoms with van der Waals surface area (Å²) in [7, 11) is 0. The molecule has 206 valence electrons. The molecule has 0 aromatic rings. The molecule has 2 spiro atoms. The molecule has 6 aliphatic rings. The van der Waals surface area contributed by atoms with E-state index in [1.54, 1.807) is 0 Å². The molecule has 4 aliphatic carbocycles. The van der Waals surface area contributed by atoms with Gasteiger partial charge in [0.1, 0.15) is 0 Å². The van der Waals surface area contributed by atoms with E-state index in [0.29, 0.717) is 19.1 Å². The molecule has 0 aromatic carbocycles. The highest BCUT2D eigenvalue weighted by molar-refractivity contribution is 14.1. The van der Waals surface area contributed by atoms with Crippen molar-refractivity contribution in [3.63, 3.8) is 0 Å². The molecule has 8 atom stereocenters. The van der Waals surface area contributed by atoms with Gasteiger partial charge in [0, 0.05) is 18.3 Å². The lowest BCUT2D eigenvalue weighted by atomic mass is 9.40. The largest absolute Gasteiger partial charge is 0.450 e. The van der Waals surface area contributed by atoms with Gasteiger partial charge in [-0.2, -0.15) is 0 Å². The molecule has 6 heteroatoms. The average molecular weight is 625 g/mol. The summed E-state index contributed by atoms with van der Waals surface area (Å²) in [6, 6.07) is 0. The molecule has 8 unspecified atom stereocenters. The van der Waals surface area contributed by atoms with Crippen molar-refractivity contribution in [2.24, 2.45) is 39.4 Å². The van der Waals surface area contributed by atoms with E-state index < -0.39 is 16.8 Å². The van der Waals surface area contributed by atoms with Gasteiger partial charge in [0.2, 0.25) is 0 Å². The van der Waals surface area contributed by atoms with Crippen LogP contribution in [0.5, 0.6) is 0 Å². The number of halogens is 1. The number of carbonyl (C=O) groups is 2. The zero-order valence-electron chi connectivity index (χ0n) is 23.8. The maximum absolute atomic E-state index is 14.6. The van der Waals surface area contributed by atoms with E-state index in [4.69, 9.17) is 14.2 Å². The maximum Gasteiger partial charge on any atom is 0.313 e. The van der Waals surface area contributed by atoms with Crippen molar-refractivity contribution in [1.29, 1.82) is 0 Å². The van der Waals surface area contributed by atoms with E-state index >= 15 is 0 Å². The Labute approximate surface area is 236 Å². The summed E-state index contributed by atoms with van der Waals surface area (Å²) in [5.74, 6) is -0.362. The monoisotopic (exact) mass is 624 g/mol. The second-order valence-corrected chi connectivity index (χ2v) is 17.1. The number of hydrogen-bond donors (Lipinski definition) is 0. The van der Waals surface area contributed by atoms with Crippen LogP contribution < -0.4 is 0 Å². The van der Waals surface area contributed by atoms with Crippen molar-refractivity contribution in [2.75, 3.05) is 13.2 Å². The van der Waals surface area contributed by atoms with Gasteiger partial charge in [-0.15, -0.1) is 0 Å². The molecular formula is C31H45IO5. The van der Waals surface area contributed by atoms with Crippen LogP contribution in [-0.2, 0) is 23.8 Å². The second-order valence-electron chi connectivity index (χ2n) is 14.9. The van der Waals surface area contributed by atoms with Crippen molar-refractivity contribution in [2.45, 2.75) is 115 Å². The number of rotatable bonds is 1. The van der Waals surface area contributed by atoms with Crippen LogP contribution in [0.15, 0.2) is 11.6 Å². The smallest absolute Gasteiger partial charge is 0.313 e. The fourth-order valence-corrected chi connectivity index (χ4v) is 12.0. The minimum absolute atomic E-state index is 0.00900. The van der Waals surface area contributed by atoms with Gasteiger partial charge in [-0.25, -0.2) is 0 Å². The van der Waals surface area contributed by atoms with Crippen LogP contribution in [0.1, 0.15) is 99.8 Å². The van der Waals surface area contributed by atoms with E-state index in [1.807, 2.05) is 6.08 Å². The topological polar surface area (TPSA) is 61.8 Å². The maximum atomic E-state index is 14.6. The molecule has 6 rings (SSSR count). The molecule has 5 nitrogen and oxygen atoms in total. The number of ether oxygens (including phenoxy) is 3. The molecule has 0 N–H and O–H groups in total. The molecule has 0 bridgehead atoms. The molecule has 0 amide bonds. The third kappa shape index (κ3) is 3.10. The minimum Gasteiger partial charge on any atom is -0.450 e. The van der Waals surface area contributed by atoms with Gasteiger partial charge in [-0.1, -0.05) is 62.8 Å². The molecule has 3 saturated carbocycles. The number of fused-ring (bicyclic) bond motifs is 5. The summed E-state index contributed by atoms with van der Waals surface area (Å²) in [6.45, 7) is 17.3. The van der Waals surface area contributed by atoms with Crippen molar-refractivity contribution in [3.8, 4) is 0 Å². The number of esters is 1. The normalized spacial score (nSPS) is 51.9.